The molecule has 4 aromatic heterocycles. The maximum absolute atomic E-state index is 13.4. The van der Waals surface area contributed by atoms with Gasteiger partial charge in [0.25, 0.3) is 0 Å². The highest BCUT2D eigenvalue weighted by atomic mass is 32.1. The van der Waals surface area contributed by atoms with E-state index in [2.05, 4.69) is 74.5 Å². The minimum absolute atomic E-state index is 0.0461. The lowest BCUT2D eigenvalue weighted by molar-refractivity contribution is -0.135. The Labute approximate surface area is 287 Å². The van der Waals surface area contributed by atoms with Gasteiger partial charge in [0.1, 0.15) is 18.2 Å². The number of hydrogen-bond donors (Lipinski definition) is 4. The molecule has 0 radical (unpaired) electrons. The van der Waals surface area contributed by atoms with E-state index in [4.69, 9.17) is 4.98 Å². The highest BCUT2D eigenvalue weighted by Gasteiger charge is 2.36. The number of amides is 3. The van der Waals surface area contributed by atoms with E-state index in [9.17, 15) is 14.4 Å². The molecule has 0 bridgehead atoms. The van der Waals surface area contributed by atoms with Crippen molar-refractivity contribution in [3.63, 3.8) is 0 Å². The van der Waals surface area contributed by atoms with Crippen LogP contribution in [0.3, 0.4) is 0 Å². The number of benzene rings is 1. The number of methoxy groups -OCH3 is 1. The van der Waals surface area contributed by atoms with E-state index in [1.165, 1.54) is 21.4 Å². The maximum Gasteiger partial charge on any atom is 0.407 e. The highest BCUT2D eigenvalue weighted by molar-refractivity contribution is 7.31. The van der Waals surface area contributed by atoms with Gasteiger partial charge in [-0.2, -0.15) is 0 Å². The number of likely N-dealkylation sites (tertiary alicyclic amines) is 1. The third-order valence-corrected chi connectivity index (χ3v) is 11.1. The fraction of sp³-hybridized carbons (Fsp3) is 0.441. The lowest BCUT2D eigenvalue weighted by Crippen LogP contribution is -2.47. The molecule has 5 aromatic rings. The first-order chi connectivity index (χ1) is 23.2. The largest absolute Gasteiger partial charge is 0.453 e. The summed E-state index contributed by atoms with van der Waals surface area (Å²) in [4.78, 5) is 59.7. The van der Waals surface area contributed by atoms with Gasteiger partial charge < -0.3 is 35.1 Å². The predicted molar refractivity (Wildman–Crippen MR) is 190 cm³/mol. The van der Waals surface area contributed by atoms with Gasteiger partial charge in [-0.15, -0.1) is 22.7 Å². The van der Waals surface area contributed by atoms with Gasteiger partial charge in [-0.3, -0.25) is 9.59 Å². The SMILES string of the molecule is CCCN(Cc1ncc(-c2cc3sc(-c4ccc5nc(C6CCCN6C(=O)C(NC)C(C)C)[nH]c5c4)cc3s2)[nH]1)C(=O)CNC(=O)OC. The quantitative estimate of drug-likeness (QED) is 0.127. The number of aromatic amines is 2. The molecule has 4 N–H and O–H groups in total. The summed E-state index contributed by atoms with van der Waals surface area (Å²) in [6, 6.07) is 10.5. The van der Waals surface area contributed by atoms with Crippen LogP contribution >= 0.6 is 22.7 Å². The van der Waals surface area contributed by atoms with Crippen LogP contribution in [0, 0.1) is 5.92 Å². The van der Waals surface area contributed by atoms with Crippen LogP contribution in [0.25, 0.3) is 41.4 Å². The van der Waals surface area contributed by atoms with Crippen molar-refractivity contribution in [2.24, 2.45) is 5.92 Å². The molecule has 12 nitrogen and oxygen atoms in total. The van der Waals surface area contributed by atoms with Crippen LogP contribution in [-0.4, -0.2) is 87.5 Å². The first kappa shape index (κ1) is 33.6. The average molecular weight is 691 g/mol. The van der Waals surface area contributed by atoms with Crippen molar-refractivity contribution < 1.29 is 19.1 Å². The van der Waals surface area contributed by atoms with Crippen molar-refractivity contribution in [1.29, 1.82) is 0 Å². The van der Waals surface area contributed by atoms with E-state index < -0.39 is 6.09 Å². The number of aromatic nitrogens is 4. The van der Waals surface area contributed by atoms with Crippen LogP contribution in [-0.2, 0) is 20.9 Å². The van der Waals surface area contributed by atoms with Gasteiger partial charge in [0.2, 0.25) is 11.8 Å². The Bertz CT molecular complexity index is 1890. The predicted octanol–water partition coefficient (Wildman–Crippen LogP) is 5.90. The molecule has 14 heteroatoms. The van der Waals surface area contributed by atoms with Crippen molar-refractivity contribution in [1.82, 2.24) is 40.4 Å². The zero-order valence-corrected chi connectivity index (χ0v) is 29.5. The van der Waals surface area contributed by atoms with Gasteiger partial charge in [-0.1, -0.05) is 26.8 Å². The normalized spacial score (nSPS) is 15.5. The molecule has 2 atom stereocenters. The van der Waals surface area contributed by atoms with Crippen molar-refractivity contribution in [3.8, 4) is 21.0 Å². The monoisotopic (exact) mass is 690 g/mol. The summed E-state index contributed by atoms with van der Waals surface area (Å²) >= 11 is 3.44. The van der Waals surface area contributed by atoms with Crippen LogP contribution in [0.5, 0.6) is 0 Å². The smallest absolute Gasteiger partial charge is 0.407 e. The number of ether oxygens (including phenoxy) is 1. The molecule has 1 fully saturated rings. The van der Waals surface area contributed by atoms with Crippen molar-refractivity contribution in [2.45, 2.75) is 58.7 Å². The van der Waals surface area contributed by atoms with Crippen LogP contribution in [0.1, 0.15) is 57.7 Å². The fourth-order valence-corrected chi connectivity index (χ4v) is 8.69. The number of nitrogens with one attached hydrogen (secondary N) is 4. The summed E-state index contributed by atoms with van der Waals surface area (Å²) in [6.45, 7) is 7.63. The zero-order chi connectivity index (χ0) is 33.9. The lowest BCUT2D eigenvalue weighted by atomic mass is 10.0. The van der Waals surface area contributed by atoms with Gasteiger partial charge in [0, 0.05) is 27.4 Å². The number of rotatable bonds is 12. The Morgan fingerprint density at radius 1 is 1.12 bits per heavy atom. The molecule has 0 saturated carbocycles. The first-order valence-corrected chi connectivity index (χ1v) is 18.0. The number of thiophene rings is 2. The van der Waals surface area contributed by atoms with Gasteiger partial charge in [-0.05, 0) is 62.1 Å². The van der Waals surface area contributed by atoms with Gasteiger partial charge in [0.15, 0.2) is 0 Å². The number of hydrogen-bond acceptors (Lipinski definition) is 9. The summed E-state index contributed by atoms with van der Waals surface area (Å²) in [5, 5.41) is 5.65. The van der Waals surface area contributed by atoms with Crippen LogP contribution in [0.15, 0.2) is 36.5 Å². The Morgan fingerprint density at radius 2 is 1.90 bits per heavy atom. The molecule has 3 amide bonds. The van der Waals surface area contributed by atoms with E-state index in [-0.39, 0.29) is 36.4 Å². The molecule has 6 rings (SSSR count). The van der Waals surface area contributed by atoms with E-state index in [0.29, 0.717) is 18.9 Å². The second kappa shape index (κ2) is 14.5. The van der Waals surface area contributed by atoms with Gasteiger partial charge in [0.05, 0.1) is 53.5 Å². The Kier molecular flexibility index (Phi) is 10.1. The van der Waals surface area contributed by atoms with Crippen LogP contribution in [0.2, 0.25) is 0 Å². The number of H-pyrrole nitrogens is 2. The Balaban J connectivity index is 1.16. The average Bonchev–Trinajstić information content (AvgIpc) is 3.90. The summed E-state index contributed by atoms with van der Waals surface area (Å²) in [7, 11) is 3.12. The first-order valence-electron chi connectivity index (χ1n) is 16.3. The second-order valence-corrected chi connectivity index (χ2v) is 14.6. The molecule has 2 unspecified atom stereocenters. The molecule has 48 heavy (non-hydrogen) atoms. The van der Waals surface area contributed by atoms with Gasteiger partial charge >= 0.3 is 6.09 Å². The molecule has 0 aliphatic carbocycles. The zero-order valence-electron chi connectivity index (χ0n) is 27.9. The molecule has 1 aliphatic rings. The third-order valence-electron chi connectivity index (χ3n) is 8.74. The Morgan fingerprint density at radius 3 is 2.62 bits per heavy atom. The standard InChI is InChI=1S/C34H42N8O4S2/c1-6-11-41(30(43)17-37-34(45)46-5)18-29-36-16-23(38-29)26-15-28-27(48-26)14-25(47-28)20-9-10-21-22(13-20)40-32(39-21)24-8-7-12-42(24)33(44)31(35-4)19(2)3/h9-10,13-16,19,24,31,35H,6-8,11-12,17-18H2,1-5H3,(H,36,38)(H,37,45)(H,39,40). The van der Waals surface area contributed by atoms with Crippen molar-refractivity contribution >= 4 is 61.0 Å². The summed E-state index contributed by atoms with van der Waals surface area (Å²) < 4.78 is 6.94. The molecule has 254 valence electrons. The van der Waals surface area contributed by atoms with E-state index >= 15 is 0 Å². The minimum atomic E-state index is -0.637. The molecule has 1 aromatic carbocycles. The second-order valence-electron chi connectivity index (χ2n) is 12.4. The number of carbonyl (C=O) groups excluding carboxylic acids is 3. The van der Waals surface area contributed by atoms with Crippen molar-refractivity contribution in [2.75, 3.05) is 33.8 Å². The lowest BCUT2D eigenvalue weighted by Gasteiger charge is -2.29. The number of alkyl carbamates (subject to hydrolysis) is 1. The number of carbonyl (C=O) groups is 3. The molecular formula is C34H42N8O4S2. The van der Waals surface area contributed by atoms with Gasteiger partial charge in [-0.25, -0.2) is 14.8 Å². The molecule has 5 heterocycles. The third kappa shape index (κ3) is 6.96. The molecule has 1 aliphatic heterocycles. The molecular weight excluding hydrogens is 649 g/mol. The Hall–Kier alpha value is -4.27. The summed E-state index contributed by atoms with van der Waals surface area (Å²) in [6.07, 6.45) is 3.82. The molecule has 0 spiro atoms. The topological polar surface area (TPSA) is 148 Å². The minimum Gasteiger partial charge on any atom is -0.453 e. The van der Waals surface area contributed by atoms with Crippen LogP contribution in [0.4, 0.5) is 4.79 Å². The number of imidazole rings is 2. The fourth-order valence-electron chi connectivity index (χ4n) is 6.33. The number of nitrogens with zero attached hydrogens (tertiary/aromatic N) is 4. The van der Waals surface area contributed by atoms with E-state index in [1.54, 1.807) is 33.8 Å². The highest BCUT2D eigenvalue weighted by Crippen LogP contribution is 2.42. The van der Waals surface area contributed by atoms with Crippen LogP contribution < -0.4 is 10.6 Å². The molecule has 1 saturated heterocycles. The number of fused-ring (bicyclic) bond motifs is 2. The van der Waals surface area contributed by atoms with Crippen molar-refractivity contribution in [3.05, 3.63) is 48.2 Å². The summed E-state index contributed by atoms with van der Waals surface area (Å²) in [5.74, 6) is 1.68. The van der Waals surface area contributed by atoms with E-state index in [1.807, 2.05) is 18.9 Å². The number of likely N-dealkylation sites (N-methyl/N-ethyl adjacent to an activating group) is 1. The summed E-state index contributed by atoms with van der Waals surface area (Å²) in [5.41, 5.74) is 3.89. The maximum atomic E-state index is 13.4. The van der Waals surface area contributed by atoms with E-state index in [0.717, 1.165) is 58.8 Å².